The number of rotatable bonds is 5. The minimum Gasteiger partial charge on any atom is -0.493 e. The van der Waals surface area contributed by atoms with Gasteiger partial charge in [0.2, 0.25) is 0 Å². The zero-order valence-electron chi connectivity index (χ0n) is 19.0. The highest BCUT2D eigenvalue weighted by molar-refractivity contribution is 6.33. The van der Waals surface area contributed by atoms with Crippen LogP contribution in [0.2, 0.25) is 5.02 Å². The van der Waals surface area contributed by atoms with E-state index in [0.717, 1.165) is 16.9 Å². The molecule has 32 heavy (non-hydrogen) atoms. The average Bonchev–Trinajstić information content (AvgIpc) is 2.77. The van der Waals surface area contributed by atoms with E-state index in [1.807, 2.05) is 60.8 Å². The Morgan fingerprint density at radius 1 is 1.00 bits per heavy atom. The highest BCUT2D eigenvalue weighted by atomic mass is 35.5. The molecule has 0 fully saturated rings. The monoisotopic (exact) mass is 446 g/mol. The molecule has 0 saturated heterocycles. The molecule has 0 N–H and O–H groups in total. The lowest BCUT2D eigenvalue weighted by Gasteiger charge is -2.40. The molecule has 1 aliphatic heterocycles. The van der Waals surface area contributed by atoms with Crippen molar-refractivity contribution in [3.05, 3.63) is 82.9 Å². The zero-order chi connectivity index (χ0) is 22.9. The van der Waals surface area contributed by atoms with Crippen molar-refractivity contribution >= 4 is 34.8 Å². The normalized spacial score (nSPS) is 14.8. The number of para-hydroxylation sites is 2. The van der Waals surface area contributed by atoms with Crippen molar-refractivity contribution in [2.75, 3.05) is 19.1 Å². The van der Waals surface area contributed by atoms with Crippen LogP contribution in [-0.4, -0.2) is 25.9 Å². The number of likely N-dealkylation sites (N-methyl/N-ethyl adjacent to an activating group) is 1. The molecule has 0 bridgehead atoms. The van der Waals surface area contributed by atoms with E-state index in [1.165, 1.54) is 11.1 Å². The van der Waals surface area contributed by atoms with Crippen LogP contribution in [0.5, 0.6) is 17.2 Å². The van der Waals surface area contributed by atoms with Crippen molar-refractivity contribution < 1.29 is 9.47 Å². The fourth-order valence-electron chi connectivity index (χ4n) is 3.86. The smallest absolute Gasteiger partial charge is 0.169 e. The fourth-order valence-corrected chi connectivity index (χ4v) is 4.07. The van der Waals surface area contributed by atoms with Crippen molar-refractivity contribution in [2.45, 2.75) is 26.3 Å². The van der Waals surface area contributed by atoms with Crippen LogP contribution in [0.3, 0.4) is 0 Å². The van der Waals surface area contributed by atoms with Gasteiger partial charge >= 0.3 is 0 Å². The van der Waals surface area contributed by atoms with Gasteiger partial charge in [-0.05, 0) is 74.9 Å². The van der Waals surface area contributed by atoms with Crippen molar-refractivity contribution in [2.24, 2.45) is 4.99 Å². The molecule has 3 aromatic rings. The molecule has 3 aromatic carbocycles. The number of ether oxygens (including phenoxy) is 2. The van der Waals surface area contributed by atoms with Gasteiger partial charge in [0.15, 0.2) is 11.5 Å². The number of hydrogen-bond donors (Lipinski definition) is 0. The lowest BCUT2D eigenvalue weighted by Crippen LogP contribution is -2.42. The van der Waals surface area contributed by atoms with Crippen LogP contribution < -0.4 is 14.4 Å². The molecule has 1 aliphatic rings. The van der Waals surface area contributed by atoms with Gasteiger partial charge in [-0.25, -0.2) is 0 Å². The van der Waals surface area contributed by atoms with Crippen LogP contribution in [0.15, 0.2) is 71.7 Å². The van der Waals surface area contributed by atoms with Gasteiger partial charge in [-0.2, -0.15) is 0 Å². The second-order valence-corrected chi connectivity index (χ2v) is 8.84. The molecular formula is C27H27ClN2O2. The molecule has 0 aromatic heterocycles. The van der Waals surface area contributed by atoms with E-state index >= 15 is 0 Å². The van der Waals surface area contributed by atoms with Gasteiger partial charge in [0.1, 0.15) is 5.75 Å². The Labute approximate surface area is 194 Å². The summed E-state index contributed by atoms with van der Waals surface area (Å²) in [5, 5.41) is 0.681. The van der Waals surface area contributed by atoms with Crippen LogP contribution in [-0.2, 0) is 0 Å². The van der Waals surface area contributed by atoms with Crippen molar-refractivity contribution in [3.63, 3.8) is 0 Å². The summed E-state index contributed by atoms with van der Waals surface area (Å²) >= 11 is 6.61. The van der Waals surface area contributed by atoms with Crippen LogP contribution in [0.4, 0.5) is 11.4 Å². The lowest BCUT2D eigenvalue weighted by atomic mass is 9.88. The summed E-state index contributed by atoms with van der Waals surface area (Å²) in [4.78, 5) is 6.87. The first-order valence-electron chi connectivity index (χ1n) is 10.5. The summed E-state index contributed by atoms with van der Waals surface area (Å²) in [7, 11) is 3.72. The predicted molar refractivity (Wildman–Crippen MR) is 134 cm³/mol. The molecule has 164 valence electrons. The van der Waals surface area contributed by atoms with E-state index in [9.17, 15) is 0 Å². The molecule has 0 radical (unpaired) electrons. The quantitative estimate of drug-likeness (QED) is 0.380. The first-order valence-corrected chi connectivity index (χ1v) is 10.9. The fraction of sp³-hybridized carbons (Fsp3) is 0.222. The molecule has 1 heterocycles. The molecule has 4 nitrogen and oxygen atoms in total. The Morgan fingerprint density at radius 2 is 1.69 bits per heavy atom. The summed E-state index contributed by atoms with van der Waals surface area (Å²) in [6, 6.07) is 19.3. The van der Waals surface area contributed by atoms with Gasteiger partial charge in [0.05, 0.1) is 23.4 Å². The number of allylic oxidation sites excluding steroid dienone is 1. The highest BCUT2D eigenvalue weighted by Crippen LogP contribution is 2.40. The van der Waals surface area contributed by atoms with Crippen LogP contribution >= 0.6 is 11.6 Å². The van der Waals surface area contributed by atoms with Gasteiger partial charge in [0, 0.05) is 30.1 Å². The Bertz CT molecular complexity index is 1200. The number of fused-ring (bicyclic) bond motifs is 1. The van der Waals surface area contributed by atoms with Crippen LogP contribution in [0.25, 0.3) is 5.57 Å². The zero-order valence-corrected chi connectivity index (χ0v) is 19.8. The molecule has 0 aliphatic carbocycles. The average molecular weight is 447 g/mol. The maximum Gasteiger partial charge on any atom is 0.169 e. The molecule has 0 amide bonds. The number of halogens is 1. The Balaban J connectivity index is 1.55. The SMILES string of the molecule is COc1ccccc1Oc1ccc(N=Cc2cc3c(cc2Cl)N(C)C(C)(C)C=C3C)cc1. The number of hydrogen-bond acceptors (Lipinski definition) is 4. The Kier molecular flexibility index (Phi) is 5.98. The van der Waals surface area contributed by atoms with Gasteiger partial charge < -0.3 is 14.4 Å². The van der Waals surface area contributed by atoms with Crippen molar-refractivity contribution in [1.82, 2.24) is 0 Å². The molecule has 0 unspecified atom stereocenters. The third-order valence-electron chi connectivity index (χ3n) is 5.82. The van der Waals surface area contributed by atoms with Crippen molar-refractivity contribution in [1.29, 1.82) is 0 Å². The maximum atomic E-state index is 6.61. The Hall–Kier alpha value is -3.24. The van der Waals surface area contributed by atoms with E-state index in [-0.39, 0.29) is 5.54 Å². The van der Waals surface area contributed by atoms with Crippen LogP contribution in [0, 0.1) is 0 Å². The third-order valence-corrected chi connectivity index (χ3v) is 6.15. The molecule has 0 saturated carbocycles. The maximum absolute atomic E-state index is 6.61. The number of benzene rings is 3. The summed E-state index contributed by atoms with van der Waals surface area (Å²) in [5.74, 6) is 2.07. The molecule has 0 atom stereocenters. The topological polar surface area (TPSA) is 34.1 Å². The summed E-state index contributed by atoms with van der Waals surface area (Å²) in [5.41, 5.74) is 5.21. The summed E-state index contributed by atoms with van der Waals surface area (Å²) < 4.78 is 11.3. The Morgan fingerprint density at radius 3 is 2.38 bits per heavy atom. The van der Waals surface area contributed by atoms with Gasteiger partial charge in [-0.15, -0.1) is 0 Å². The highest BCUT2D eigenvalue weighted by Gasteiger charge is 2.29. The molecule has 0 spiro atoms. The van der Waals surface area contributed by atoms with Gasteiger partial charge in [0.25, 0.3) is 0 Å². The first-order chi connectivity index (χ1) is 15.3. The number of aliphatic imine (C=N–C) groups is 1. The lowest BCUT2D eigenvalue weighted by molar-refractivity contribution is 0.379. The van der Waals surface area contributed by atoms with E-state index in [2.05, 4.69) is 49.9 Å². The minimum atomic E-state index is -0.0520. The number of methoxy groups -OCH3 is 1. The summed E-state index contributed by atoms with van der Waals surface area (Å²) in [6.07, 6.45) is 4.09. The van der Waals surface area contributed by atoms with Gasteiger partial charge in [-0.3, -0.25) is 4.99 Å². The first kappa shape index (κ1) is 22.0. The standard InChI is InChI=1S/C27H27ClN2O2/c1-18-16-27(2,3)30(4)24-15-23(28)19(14-22(18)24)17-29-20-10-12-21(13-11-20)32-26-9-7-6-8-25(26)31-5/h6-17H,1-5H3. The van der Waals surface area contributed by atoms with Crippen molar-refractivity contribution in [3.8, 4) is 17.2 Å². The van der Waals surface area contributed by atoms with E-state index in [0.29, 0.717) is 22.3 Å². The van der Waals surface area contributed by atoms with E-state index in [4.69, 9.17) is 21.1 Å². The molecular weight excluding hydrogens is 420 g/mol. The minimum absolute atomic E-state index is 0.0520. The second kappa shape index (κ2) is 8.71. The summed E-state index contributed by atoms with van der Waals surface area (Å²) in [6.45, 7) is 6.54. The predicted octanol–water partition coefficient (Wildman–Crippen LogP) is 7.52. The number of anilines is 1. The van der Waals surface area contributed by atoms with E-state index < -0.39 is 0 Å². The number of nitrogens with zero attached hydrogens (tertiary/aromatic N) is 2. The van der Waals surface area contributed by atoms with Gasteiger partial charge in [-0.1, -0.05) is 29.8 Å². The third kappa shape index (κ3) is 4.37. The molecule has 5 heteroatoms. The van der Waals surface area contributed by atoms with E-state index in [1.54, 1.807) is 7.11 Å². The van der Waals surface area contributed by atoms with Crippen LogP contribution in [0.1, 0.15) is 31.9 Å². The largest absolute Gasteiger partial charge is 0.493 e. The molecule has 4 rings (SSSR count). The second-order valence-electron chi connectivity index (χ2n) is 8.44.